The monoisotopic (exact) mass is 230 g/mol. The van der Waals surface area contributed by atoms with Crippen LogP contribution in [0, 0.1) is 0 Å². The fraction of sp³-hybridized carbons (Fsp3) is 0.385. The van der Waals surface area contributed by atoms with Gasteiger partial charge >= 0.3 is 0 Å². The van der Waals surface area contributed by atoms with Crippen LogP contribution in [-0.2, 0) is 5.54 Å². The van der Waals surface area contributed by atoms with Crippen LogP contribution in [0.3, 0.4) is 0 Å². The lowest BCUT2D eigenvalue weighted by Crippen LogP contribution is -2.34. The summed E-state index contributed by atoms with van der Waals surface area (Å²) in [5.41, 5.74) is 6.77. The molecule has 0 amide bonds. The molecule has 0 aliphatic rings. The van der Waals surface area contributed by atoms with Crippen molar-refractivity contribution in [2.45, 2.75) is 32.2 Å². The maximum atomic E-state index is 6.21. The molecule has 0 fully saturated rings. The molecule has 0 spiro atoms. The predicted molar refractivity (Wildman–Crippen MR) is 68.3 cm³/mol. The van der Waals surface area contributed by atoms with Gasteiger partial charge in [-0.2, -0.15) is 5.10 Å². The van der Waals surface area contributed by atoms with Crippen LogP contribution in [-0.4, -0.2) is 15.2 Å². The fourth-order valence-electron chi connectivity index (χ4n) is 1.87. The van der Waals surface area contributed by atoms with Crippen molar-refractivity contribution < 1.29 is 0 Å². The van der Waals surface area contributed by atoms with Crippen LogP contribution >= 0.6 is 0 Å². The highest BCUT2D eigenvalue weighted by Gasteiger charge is 2.24. The lowest BCUT2D eigenvalue weighted by atomic mass is 9.97. The first-order valence-electron chi connectivity index (χ1n) is 5.90. The van der Waals surface area contributed by atoms with E-state index in [0.29, 0.717) is 5.82 Å². The van der Waals surface area contributed by atoms with Gasteiger partial charge in [-0.25, -0.2) is 4.98 Å². The quantitative estimate of drug-likeness (QED) is 0.847. The topological polar surface area (TPSA) is 67.6 Å². The average molecular weight is 230 g/mol. The summed E-state index contributed by atoms with van der Waals surface area (Å²) in [6.07, 6.45) is 1.91. The van der Waals surface area contributed by atoms with Gasteiger partial charge in [0.25, 0.3) is 0 Å². The maximum absolute atomic E-state index is 6.21. The standard InChI is InChI=1S/C13H18N4/c1-3-9-13(2,14)12-15-11(16-17-12)10-7-5-4-6-8-10/h4-8H,3,9,14H2,1-2H3,(H,15,16,17). The van der Waals surface area contributed by atoms with Crippen molar-refractivity contribution in [3.8, 4) is 11.4 Å². The van der Waals surface area contributed by atoms with Crippen molar-refractivity contribution in [2.75, 3.05) is 0 Å². The Kier molecular flexibility index (Phi) is 3.24. The molecular formula is C13H18N4. The van der Waals surface area contributed by atoms with E-state index in [1.807, 2.05) is 37.3 Å². The number of H-pyrrole nitrogens is 1. The second kappa shape index (κ2) is 4.67. The Balaban J connectivity index is 2.28. The van der Waals surface area contributed by atoms with Crippen LogP contribution < -0.4 is 5.73 Å². The SMILES string of the molecule is CCCC(C)(N)c1nc(-c2ccccc2)n[nH]1. The smallest absolute Gasteiger partial charge is 0.181 e. The van der Waals surface area contributed by atoms with Gasteiger partial charge in [-0.05, 0) is 13.3 Å². The van der Waals surface area contributed by atoms with E-state index in [4.69, 9.17) is 5.73 Å². The molecule has 1 aromatic carbocycles. The lowest BCUT2D eigenvalue weighted by Gasteiger charge is -2.20. The zero-order valence-corrected chi connectivity index (χ0v) is 10.3. The van der Waals surface area contributed by atoms with E-state index in [0.717, 1.165) is 24.2 Å². The molecule has 4 nitrogen and oxygen atoms in total. The van der Waals surface area contributed by atoms with Crippen LogP contribution in [0.25, 0.3) is 11.4 Å². The lowest BCUT2D eigenvalue weighted by molar-refractivity contribution is 0.421. The van der Waals surface area contributed by atoms with Crippen LogP contribution in [0.2, 0.25) is 0 Å². The first-order chi connectivity index (χ1) is 8.13. The summed E-state index contributed by atoms with van der Waals surface area (Å²) in [7, 11) is 0. The van der Waals surface area contributed by atoms with Gasteiger partial charge in [0.15, 0.2) is 5.82 Å². The van der Waals surface area contributed by atoms with E-state index < -0.39 is 5.54 Å². The predicted octanol–water partition coefficient (Wildman–Crippen LogP) is 2.45. The van der Waals surface area contributed by atoms with Crippen LogP contribution in [0.5, 0.6) is 0 Å². The Labute approximate surface area is 101 Å². The van der Waals surface area contributed by atoms with Gasteiger partial charge in [-0.1, -0.05) is 43.7 Å². The summed E-state index contributed by atoms with van der Waals surface area (Å²) in [4.78, 5) is 4.48. The number of benzene rings is 1. The third-order valence-corrected chi connectivity index (χ3v) is 2.83. The summed E-state index contributed by atoms with van der Waals surface area (Å²) in [5.74, 6) is 1.45. The Morgan fingerprint density at radius 1 is 1.29 bits per heavy atom. The molecule has 2 rings (SSSR count). The first kappa shape index (κ1) is 11.8. The number of aromatic amines is 1. The summed E-state index contributed by atoms with van der Waals surface area (Å²) in [6.45, 7) is 4.09. The molecule has 0 aliphatic heterocycles. The van der Waals surface area contributed by atoms with Crippen molar-refractivity contribution >= 4 is 0 Å². The summed E-state index contributed by atoms with van der Waals surface area (Å²) < 4.78 is 0. The molecular weight excluding hydrogens is 212 g/mol. The number of nitrogens with one attached hydrogen (secondary N) is 1. The molecule has 90 valence electrons. The molecule has 0 saturated carbocycles. The van der Waals surface area contributed by atoms with Crippen molar-refractivity contribution in [3.05, 3.63) is 36.2 Å². The summed E-state index contributed by atoms with van der Waals surface area (Å²) in [6, 6.07) is 9.89. The second-order valence-corrected chi connectivity index (χ2v) is 4.54. The van der Waals surface area contributed by atoms with Crippen LogP contribution in [0.4, 0.5) is 0 Å². The normalized spacial score (nSPS) is 14.5. The van der Waals surface area contributed by atoms with Gasteiger partial charge in [-0.3, -0.25) is 5.10 Å². The number of nitrogens with zero attached hydrogens (tertiary/aromatic N) is 2. The van der Waals surface area contributed by atoms with Crippen LogP contribution in [0.15, 0.2) is 30.3 Å². The van der Waals surface area contributed by atoms with E-state index in [-0.39, 0.29) is 0 Å². The number of hydrogen-bond donors (Lipinski definition) is 2. The number of aromatic nitrogens is 3. The third kappa shape index (κ3) is 2.53. The highest BCUT2D eigenvalue weighted by molar-refractivity contribution is 5.54. The fourth-order valence-corrected chi connectivity index (χ4v) is 1.87. The number of rotatable bonds is 4. The van der Waals surface area contributed by atoms with Gasteiger partial charge in [0, 0.05) is 5.56 Å². The van der Waals surface area contributed by atoms with E-state index in [1.165, 1.54) is 0 Å². The Hall–Kier alpha value is -1.68. The minimum Gasteiger partial charge on any atom is -0.319 e. The molecule has 4 heteroatoms. The molecule has 1 heterocycles. The maximum Gasteiger partial charge on any atom is 0.181 e. The third-order valence-electron chi connectivity index (χ3n) is 2.83. The Bertz CT molecular complexity index is 473. The summed E-state index contributed by atoms with van der Waals surface area (Å²) >= 11 is 0. The average Bonchev–Trinajstić information content (AvgIpc) is 2.80. The zero-order chi connectivity index (χ0) is 12.3. The molecule has 1 aromatic heterocycles. The number of hydrogen-bond acceptors (Lipinski definition) is 3. The van der Waals surface area contributed by atoms with E-state index in [1.54, 1.807) is 0 Å². The van der Waals surface area contributed by atoms with Gasteiger partial charge < -0.3 is 5.73 Å². The second-order valence-electron chi connectivity index (χ2n) is 4.54. The Morgan fingerprint density at radius 2 is 2.00 bits per heavy atom. The van der Waals surface area contributed by atoms with E-state index >= 15 is 0 Å². The molecule has 0 saturated heterocycles. The molecule has 2 aromatic rings. The van der Waals surface area contributed by atoms with Gasteiger partial charge in [0.05, 0.1) is 5.54 Å². The van der Waals surface area contributed by atoms with Crippen molar-refractivity contribution in [1.29, 1.82) is 0 Å². The molecule has 0 bridgehead atoms. The highest BCUT2D eigenvalue weighted by Crippen LogP contribution is 2.22. The molecule has 0 aliphatic carbocycles. The van der Waals surface area contributed by atoms with Gasteiger partial charge in [-0.15, -0.1) is 0 Å². The minimum absolute atomic E-state index is 0.436. The highest BCUT2D eigenvalue weighted by atomic mass is 15.2. The van der Waals surface area contributed by atoms with Gasteiger partial charge in [0.2, 0.25) is 0 Å². The Morgan fingerprint density at radius 3 is 2.65 bits per heavy atom. The molecule has 0 radical (unpaired) electrons. The van der Waals surface area contributed by atoms with Crippen molar-refractivity contribution in [1.82, 2.24) is 15.2 Å². The number of nitrogens with two attached hydrogens (primary N) is 1. The first-order valence-corrected chi connectivity index (χ1v) is 5.90. The van der Waals surface area contributed by atoms with Crippen LogP contribution in [0.1, 0.15) is 32.5 Å². The zero-order valence-electron chi connectivity index (χ0n) is 10.3. The molecule has 1 unspecified atom stereocenters. The van der Waals surface area contributed by atoms with Gasteiger partial charge in [0.1, 0.15) is 5.82 Å². The molecule has 17 heavy (non-hydrogen) atoms. The van der Waals surface area contributed by atoms with E-state index in [2.05, 4.69) is 22.1 Å². The van der Waals surface area contributed by atoms with E-state index in [9.17, 15) is 0 Å². The molecule has 1 atom stereocenters. The largest absolute Gasteiger partial charge is 0.319 e. The minimum atomic E-state index is -0.436. The van der Waals surface area contributed by atoms with Crippen molar-refractivity contribution in [3.63, 3.8) is 0 Å². The summed E-state index contributed by atoms with van der Waals surface area (Å²) in [5, 5.41) is 7.16. The van der Waals surface area contributed by atoms with Crippen molar-refractivity contribution in [2.24, 2.45) is 5.73 Å². The molecule has 3 N–H and O–H groups in total.